The first-order valence-corrected chi connectivity index (χ1v) is 8.95. The maximum atomic E-state index is 12.0. The van der Waals surface area contributed by atoms with E-state index in [1.807, 2.05) is 37.3 Å². The summed E-state index contributed by atoms with van der Waals surface area (Å²) in [5.74, 6) is -0.0598. The number of benzene rings is 1. The predicted octanol–water partition coefficient (Wildman–Crippen LogP) is 3.79. The average Bonchev–Trinajstić information content (AvgIpc) is 2.98. The Morgan fingerprint density at radius 2 is 1.88 bits per heavy atom. The molecule has 0 saturated carbocycles. The molecule has 0 unspecified atom stereocenters. The van der Waals surface area contributed by atoms with Crippen LogP contribution in [-0.2, 0) is 9.59 Å². The van der Waals surface area contributed by atoms with Gasteiger partial charge in [-0.25, -0.2) is 4.98 Å². The minimum absolute atomic E-state index is 0.0317. The van der Waals surface area contributed by atoms with E-state index >= 15 is 0 Å². The molecule has 1 heterocycles. The van der Waals surface area contributed by atoms with Crippen molar-refractivity contribution in [1.82, 2.24) is 10.3 Å². The summed E-state index contributed by atoms with van der Waals surface area (Å²) >= 11 is 1.48. The molecule has 0 aliphatic carbocycles. The fraction of sp³-hybridized carbons (Fsp3) is 0.389. The van der Waals surface area contributed by atoms with Gasteiger partial charge in [0, 0.05) is 16.9 Å². The third kappa shape index (κ3) is 4.89. The molecule has 24 heavy (non-hydrogen) atoms. The van der Waals surface area contributed by atoms with E-state index in [4.69, 9.17) is 0 Å². The minimum Gasteiger partial charge on any atom is -0.347 e. The third-order valence-corrected chi connectivity index (χ3v) is 4.67. The zero-order valence-corrected chi connectivity index (χ0v) is 15.1. The van der Waals surface area contributed by atoms with Gasteiger partial charge in [0.1, 0.15) is 0 Å². The number of thiazole rings is 1. The Morgan fingerprint density at radius 1 is 1.17 bits per heavy atom. The lowest BCUT2D eigenvalue weighted by molar-refractivity contribution is -0.124. The van der Waals surface area contributed by atoms with E-state index in [9.17, 15) is 9.59 Å². The zero-order valence-electron chi connectivity index (χ0n) is 14.3. The van der Waals surface area contributed by atoms with Crippen molar-refractivity contribution in [3.63, 3.8) is 0 Å². The lowest BCUT2D eigenvalue weighted by Crippen LogP contribution is -2.32. The Kier molecular flexibility index (Phi) is 6.49. The highest BCUT2D eigenvalue weighted by Gasteiger charge is 2.17. The van der Waals surface area contributed by atoms with Crippen LogP contribution in [0.4, 0.5) is 5.13 Å². The molecule has 0 atom stereocenters. The summed E-state index contributed by atoms with van der Waals surface area (Å²) in [5.41, 5.74) is 1.94. The van der Waals surface area contributed by atoms with Gasteiger partial charge in [-0.1, -0.05) is 51.1 Å². The van der Waals surface area contributed by atoms with Gasteiger partial charge in [-0.15, -0.1) is 11.3 Å². The van der Waals surface area contributed by atoms with Gasteiger partial charge >= 0.3 is 0 Å². The van der Waals surface area contributed by atoms with Crippen molar-refractivity contribution in [1.29, 1.82) is 0 Å². The molecule has 0 saturated heterocycles. The number of amides is 2. The van der Waals surface area contributed by atoms with Gasteiger partial charge in [0.25, 0.3) is 0 Å². The van der Waals surface area contributed by atoms with E-state index in [1.54, 1.807) is 0 Å². The lowest BCUT2D eigenvalue weighted by Gasteiger charge is -2.04. The summed E-state index contributed by atoms with van der Waals surface area (Å²) in [6, 6.07) is 9.93. The topological polar surface area (TPSA) is 71.1 Å². The van der Waals surface area contributed by atoms with E-state index in [0.717, 1.165) is 22.6 Å². The van der Waals surface area contributed by atoms with Crippen LogP contribution < -0.4 is 10.6 Å². The van der Waals surface area contributed by atoms with Gasteiger partial charge in [0.2, 0.25) is 11.8 Å². The third-order valence-electron chi connectivity index (χ3n) is 3.39. The predicted molar refractivity (Wildman–Crippen MR) is 98.2 cm³/mol. The molecule has 0 bridgehead atoms. The molecule has 128 valence electrons. The van der Waals surface area contributed by atoms with Crippen LogP contribution in [0.5, 0.6) is 0 Å². The van der Waals surface area contributed by atoms with Gasteiger partial charge in [-0.05, 0) is 12.3 Å². The first kappa shape index (κ1) is 18.1. The molecule has 0 spiro atoms. The Morgan fingerprint density at radius 3 is 2.50 bits per heavy atom. The van der Waals surface area contributed by atoms with Crippen LogP contribution in [0.15, 0.2) is 30.3 Å². The summed E-state index contributed by atoms with van der Waals surface area (Å²) < 4.78 is 0. The molecule has 6 heteroatoms. The minimum atomic E-state index is -0.261. The number of hydrogen-bond acceptors (Lipinski definition) is 4. The Hall–Kier alpha value is -2.21. The summed E-state index contributed by atoms with van der Waals surface area (Å²) in [7, 11) is 0. The van der Waals surface area contributed by atoms with Gasteiger partial charge in [-0.3, -0.25) is 9.59 Å². The molecule has 1 aromatic carbocycles. The van der Waals surface area contributed by atoms with E-state index in [-0.39, 0.29) is 18.4 Å². The highest BCUT2D eigenvalue weighted by molar-refractivity contribution is 7.16. The number of carbonyl (C=O) groups is 2. The Balaban J connectivity index is 2.09. The van der Waals surface area contributed by atoms with Crippen molar-refractivity contribution in [2.24, 2.45) is 0 Å². The van der Waals surface area contributed by atoms with Crippen LogP contribution in [0.2, 0.25) is 0 Å². The van der Waals surface area contributed by atoms with Crippen LogP contribution in [0.1, 0.15) is 44.4 Å². The van der Waals surface area contributed by atoms with Crippen LogP contribution >= 0.6 is 11.3 Å². The summed E-state index contributed by atoms with van der Waals surface area (Å²) in [6.45, 7) is 6.11. The molecule has 0 fully saturated rings. The fourth-order valence-corrected chi connectivity index (χ4v) is 3.24. The van der Waals surface area contributed by atoms with Gasteiger partial charge in [-0.2, -0.15) is 0 Å². The monoisotopic (exact) mass is 345 g/mol. The summed E-state index contributed by atoms with van der Waals surface area (Å²) in [4.78, 5) is 29.1. The standard InChI is InChI=1S/C18H23N3O2S/c1-4-8-14(22)19-11-15(23)20-18-21-16(17(24-18)12(2)3)13-9-6-5-7-10-13/h5-7,9-10,12H,4,8,11H2,1-3H3,(H,19,22)(H,20,21,23). The van der Waals surface area contributed by atoms with E-state index in [0.29, 0.717) is 17.5 Å². The normalized spacial score (nSPS) is 10.7. The van der Waals surface area contributed by atoms with E-state index in [1.165, 1.54) is 11.3 Å². The van der Waals surface area contributed by atoms with E-state index < -0.39 is 0 Å². The number of rotatable bonds is 7. The highest BCUT2D eigenvalue weighted by atomic mass is 32.1. The number of aromatic nitrogens is 1. The second-order valence-corrected chi connectivity index (χ2v) is 6.86. The SMILES string of the molecule is CCCC(=O)NCC(=O)Nc1nc(-c2ccccc2)c(C(C)C)s1. The maximum absolute atomic E-state index is 12.0. The molecular formula is C18H23N3O2S. The molecule has 1 aromatic heterocycles. The van der Waals surface area contributed by atoms with Crippen molar-refractivity contribution in [3.8, 4) is 11.3 Å². The molecule has 2 aromatic rings. The van der Waals surface area contributed by atoms with Crippen molar-refractivity contribution < 1.29 is 9.59 Å². The molecule has 2 rings (SSSR count). The Bertz CT molecular complexity index is 696. The van der Waals surface area contributed by atoms with Crippen molar-refractivity contribution >= 4 is 28.3 Å². The van der Waals surface area contributed by atoms with Crippen molar-refractivity contribution in [3.05, 3.63) is 35.2 Å². The number of nitrogens with one attached hydrogen (secondary N) is 2. The number of carbonyl (C=O) groups excluding carboxylic acids is 2. The lowest BCUT2D eigenvalue weighted by atomic mass is 10.1. The Labute approximate surface area is 146 Å². The van der Waals surface area contributed by atoms with Gasteiger partial charge in [0.15, 0.2) is 5.13 Å². The first-order chi connectivity index (χ1) is 11.5. The van der Waals surface area contributed by atoms with Gasteiger partial charge in [0.05, 0.1) is 12.2 Å². The van der Waals surface area contributed by atoms with Crippen LogP contribution in [0.25, 0.3) is 11.3 Å². The maximum Gasteiger partial charge on any atom is 0.245 e. The van der Waals surface area contributed by atoms with E-state index in [2.05, 4.69) is 29.5 Å². The number of nitrogens with zero attached hydrogens (tertiary/aromatic N) is 1. The van der Waals surface area contributed by atoms with Crippen LogP contribution in [0.3, 0.4) is 0 Å². The number of anilines is 1. The van der Waals surface area contributed by atoms with Crippen molar-refractivity contribution in [2.75, 3.05) is 11.9 Å². The summed E-state index contributed by atoms with van der Waals surface area (Å²) in [6.07, 6.45) is 1.19. The smallest absolute Gasteiger partial charge is 0.245 e. The second kappa shape index (κ2) is 8.59. The zero-order chi connectivity index (χ0) is 17.5. The van der Waals surface area contributed by atoms with Crippen LogP contribution in [0, 0.1) is 0 Å². The molecule has 0 aliphatic rings. The fourth-order valence-electron chi connectivity index (χ4n) is 2.24. The van der Waals surface area contributed by atoms with Crippen LogP contribution in [-0.4, -0.2) is 23.3 Å². The quantitative estimate of drug-likeness (QED) is 0.802. The highest BCUT2D eigenvalue weighted by Crippen LogP contribution is 2.35. The molecule has 0 aliphatic heterocycles. The average molecular weight is 345 g/mol. The molecule has 5 nitrogen and oxygen atoms in total. The molecule has 2 N–H and O–H groups in total. The first-order valence-electron chi connectivity index (χ1n) is 8.14. The number of hydrogen-bond donors (Lipinski definition) is 2. The molecule has 0 radical (unpaired) electrons. The summed E-state index contributed by atoms with van der Waals surface area (Å²) in [5, 5.41) is 5.95. The van der Waals surface area contributed by atoms with Crippen molar-refractivity contribution in [2.45, 2.75) is 39.5 Å². The molecular weight excluding hydrogens is 322 g/mol. The molecule has 2 amide bonds. The second-order valence-electron chi connectivity index (χ2n) is 5.83. The largest absolute Gasteiger partial charge is 0.347 e. The van der Waals surface area contributed by atoms with Gasteiger partial charge < -0.3 is 10.6 Å².